The zero-order valence-electron chi connectivity index (χ0n) is 9.73. The van der Waals surface area contributed by atoms with Gasteiger partial charge in [0.05, 0.1) is 12.5 Å². The number of aromatic hydroxyl groups is 1. The Bertz CT molecular complexity index is 388. The molecule has 0 amide bonds. The zero-order chi connectivity index (χ0) is 12.3. The van der Waals surface area contributed by atoms with E-state index < -0.39 is 17.4 Å². The molecule has 0 spiro atoms. The van der Waals surface area contributed by atoms with Gasteiger partial charge in [-0.2, -0.15) is 0 Å². The van der Waals surface area contributed by atoms with Crippen LogP contribution in [0.1, 0.15) is 25.5 Å². The van der Waals surface area contributed by atoms with Gasteiger partial charge in [0, 0.05) is 11.6 Å². The largest absolute Gasteiger partial charge is 0.508 e. The lowest BCUT2D eigenvalue weighted by Gasteiger charge is -2.29. The van der Waals surface area contributed by atoms with Gasteiger partial charge in [0.15, 0.2) is 0 Å². The Kier molecular flexibility index (Phi) is 3.55. The quantitative estimate of drug-likeness (QED) is 0.763. The van der Waals surface area contributed by atoms with Crippen LogP contribution >= 0.6 is 0 Å². The first kappa shape index (κ1) is 12.5. The van der Waals surface area contributed by atoms with E-state index in [-0.39, 0.29) is 5.75 Å². The lowest BCUT2D eigenvalue weighted by atomic mass is 9.81. The van der Waals surface area contributed by atoms with Gasteiger partial charge in [-0.3, -0.25) is 4.79 Å². The van der Waals surface area contributed by atoms with E-state index in [2.05, 4.69) is 0 Å². The van der Waals surface area contributed by atoms with Crippen molar-refractivity contribution in [1.82, 2.24) is 0 Å². The number of phenols is 1. The molecule has 0 aliphatic carbocycles. The van der Waals surface area contributed by atoms with Gasteiger partial charge in [0.25, 0.3) is 0 Å². The predicted octanol–water partition coefficient (Wildman–Crippen LogP) is 1.59. The molecule has 1 unspecified atom stereocenters. The van der Waals surface area contributed by atoms with Crippen molar-refractivity contribution in [2.45, 2.75) is 19.9 Å². The minimum atomic E-state index is -0.881. The fourth-order valence-electron chi connectivity index (χ4n) is 1.53. The van der Waals surface area contributed by atoms with Crippen molar-refractivity contribution < 1.29 is 14.6 Å². The number of carbonyl (C=O) groups is 1. The van der Waals surface area contributed by atoms with Crippen LogP contribution in [0.3, 0.4) is 0 Å². The molecule has 88 valence electrons. The molecule has 4 nitrogen and oxygen atoms in total. The Hall–Kier alpha value is -1.55. The Morgan fingerprint density at radius 3 is 2.50 bits per heavy atom. The summed E-state index contributed by atoms with van der Waals surface area (Å²) in [6.07, 6.45) is 0. The molecule has 0 heterocycles. The number of benzene rings is 1. The van der Waals surface area contributed by atoms with Crippen molar-refractivity contribution >= 4 is 5.97 Å². The predicted molar refractivity (Wildman–Crippen MR) is 60.8 cm³/mol. The van der Waals surface area contributed by atoms with Crippen LogP contribution in [0.15, 0.2) is 24.3 Å². The van der Waals surface area contributed by atoms with Gasteiger partial charge in [-0.05, 0) is 19.9 Å². The number of methoxy groups -OCH3 is 1. The molecule has 0 aromatic heterocycles. The van der Waals surface area contributed by atoms with E-state index in [1.54, 1.807) is 38.1 Å². The zero-order valence-corrected chi connectivity index (χ0v) is 9.73. The summed E-state index contributed by atoms with van der Waals surface area (Å²) < 4.78 is 4.70. The molecule has 0 fully saturated rings. The molecule has 1 atom stereocenters. The molecule has 1 aromatic rings. The van der Waals surface area contributed by atoms with Crippen LogP contribution in [0.2, 0.25) is 0 Å². The molecule has 1 rings (SSSR count). The second-order valence-corrected chi connectivity index (χ2v) is 4.25. The monoisotopic (exact) mass is 223 g/mol. The lowest BCUT2D eigenvalue weighted by Crippen LogP contribution is -2.37. The Labute approximate surface area is 95.0 Å². The highest BCUT2D eigenvalue weighted by Crippen LogP contribution is 2.36. The van der Waals surface area contributed by atoms with E-state index >= 15 is 0 Å². The molecule has 4 heteroatoms. The van der Waals surface area contributed by atoms with Gasteiger partial charge in [-0.15, -0.1) is 0 Å². The van der Waals surface area contributed by atoms with Gasteiger partial charge < -0.3 is 15.6 Å². The van der Waals surface area contributed by atoms with Crippen molar-refractivity contribution in [3.8, 4) is 5.75 Å². The number of para-hydroxylation sites is 1. The number of nitrogens with two attached hydrogens (primary N) is 1. The first-order valence-corrected chi connectivity index (χ1v) is 5.03. The molecule has 0 saturated heterocycles. The SMILES string of the molecule is COC(=O)C(C)(C)C(N)c1ccccc1O. The number of ether oxygens (including phenoxy) is 1. The van der Waals surface area contributed by atoms with E-state index in [0.29, 0.717) is 5.56 Å². The summed E-state index contributed by atoms with van der Waals surface area (Å²) in [7, 11) is 1.32. The van der Waals surface area contributed by atoms with Crippen molar-refractivity contribution in [1.29, 1.82) is 0 Å². The summed E-state index contributed by atoms with van der Waals surface area (Å²) in [5.74, 6) is -0.310. The van der Waals surface area contributed by atoms with Gasteiger partial charge in [0.2, 0.25) is 0 Å². The minimum absolute atomic E-state index is 0.0898. The second kappa shape index (κ2) is 4.53. The highest BCUT2D eigenvalue weighted by atomic mass is 16.5. The number of esters is 1. The van der Waals surface area contributed by atoms with Gasteiger partial charge in [-0.25, -0.2) is 0 Å². The Morgan fingerprint density at radius 1 is 1.44 bits per heavy atom. The van der Waals surface area contributed by atoms with Crippen LogP contribution < -0.4 is 5.73 Å². The highest BCUT2D eigenvalue weighted by molar-refractivity contribution is 5.77. The average Bonchev–Trinajstić information content (AvgIpc) is 2.27. The normalized spacial score (nSPS) is 13.2. The molecule has 0 bridgehead atoms. The molecular weight excluding hydrogens is 206 g/mol. The van der Waals surface area contributed by atoms with Crippen LogP contribution in [0.25, 0.3) is 0 Å². The molecule has 0 aliphatic heterocycles. The standard InChI is InChI=1S/C12H17NO3/c1-12(2,11(15)16-3)10(13)8-6-4-5-7-9(8)14/h4-7,10,14H,13H2,1-3H3. The summed E-state index contributed by atoms with van der Waals surface area (Å²) >= 11 is 0. The number of phenolic OH excluding ortho intramolecular Hbond substituents is 1. The van der Waals surface area contributed by atoms with Crippen LogP contribution in [0, 0.1) is 5.41 Å². The summed E-state index contributed by atoms with van der Waals surface area (Å²) in [6, 6.07) is 6.10. The number of hydrogen-bond donors (Lipinski definition) is 2. The van der Waals surface area contributed by atoms with Crippen LogP contribution in [0.4, 0.5) is 0 Å². The van der Waals surface area contributed by atoms with Crippen molar-refractivity contribution in [2.24, 2.45) is 11.1 Å². The van der Waals surface area contributed by atoms with Crippen molar-refractivity contribution in [2.75, 3.05) is 7.11 Å². The molecule has 0 aliphatic rings. The molecule has 1 aromatic carbocycles. The maximum Gasteiger partial charge on any atom is 0.313 e. The third-order valence-corrected chi connectivity index (χ3v) is 2.76. The maximum absolute atomic E-state index is 11.6. The molecule has 0 radical (unpaired) electrons. The van der Waals surface area contributed by atoms with Crippen molar-refractivity contribution in [3.05, 3.63) is 29.8 Å². The summed E-state index contributed by atoms with van der Waals surface area (Å²) in [5.41, 5.74) is 5.65. The smallest absolute Gasteiger partial charge is 0.313 e. The van der Waals surface area contributed by atoms with Crippen LogP contribution in [-0.4, -0.2) is 18.2 Å². The van der Waals surface area contributed by atoms with Gasteiger partial charge in [0.1, 0.15) is 5.75 Å². The fourth-order valence-corrected chi connectivity index (χ4v) is 1.53. The third-order valence-electron chi connectivity index (χ3n) is 2.76. The molecule has 3 N–H and O–H groups in total. The summed E-state index contributed by atoms with van der Waals surface area (Å²) in [5, 5.41) is 9.67. The molecule has 16 heavy (non-hydrogen) atoms. The second-order valence-electron chi connectivity index (χ2n) is 4.25. The third kappa shape index (κ3) is 2.17. The van der Waals surface area contributed by atoms with Crippen LogP contribution in [-0.2, 0) is 9.53 Å². The highest BCUT2D eigenvalue weighted by Gasteiger charge is 2.37. The first-order valence-electron chi connectivity index (χ1n) is 5.03. The van der Waals surface area contributed by atoms with Crippen LogP contribution in [0.5, 0.6) is 5.75 Å². The number of carbonyl (C=O) groups excluding carboxylic acids is 1. The number of rotatable bonds is 3. The fraction of sp³-hybridized carbons (Fsp3) is 0.417. The van der Waals surface area contributed by atoms with Gasteiger partial charge >= 0.3 is 5.97 Å². The van der Waals surface area contributed by atoms with Gasteiger partial charge in [-0.1, -0.05) is 18.2 Å². The summed E-state index contributed by atoms with van der Waals surface area (Å²) in [6.45, 7) is 3.38. The van der Waals surface area contributed by atoms with E-state index in [1.807, 2.05) is 0 Å². The first-order chi connectivity index (χ1) is 7.41. The van der Waals surface area contributed by atoms with Crippen molar-refractivity contribution in [3.63, 3.8) is 0 Å². The summed E-state index contributed by atoms with van der Waals surface area (Å²) in [4.78, 5) is 11.6. The van der Waals surface area contributed by atoms with E-state index in [9.17, 15) is 9.90 Å². The van der Waals surface area contributed by atoms with E-state index in [1.165, 1.54) is 7.11 Å². The molecular formula is C12H17NO3. The van der Waals surface area contributed by atoms with E-state index in [0.717, 1.165) is 0 Å². The Balaban J connectivity index is 3.07. The topological polar surface area (TPSA) is 72.5 Å². The minimum Gasteiger partial charge on any atom is -0.508 e. The lowest BCUT2D eigenvalue weighted by molar-refractivity contribution is -0.152. The maximum atomic E-state index is 11.6. The Morgan fingerprint density at radius 2 is 2.00 bits per heavy atom. The number of hydrogen-bond acceptors (Lipinski definition) is 4. The molecule has 0 saturated carbocycles. The van der Waals surface area contributed by atoms with E-state index in [4.69, 9.17) is 10.5 Å². The average molecular weight is 223 g/mol.